The van der Waals surface area contributed by atoms with E-state index < -0.39 is 0 Å². The predicted molar refractivity (Wildman–Crippen MR) is 75.2 cm³/mol. The molecule has 3 nitrogen and oxygen atoms in total. The van der Waals surface area contributed by atoms with Gasteiger partial charge in [0.1, 0.15) is 5.01 Å². The van der Waals surface area contributed by atoms with Crippen LogP contribution >= 0.6 is 11.3 Å². The number of nitrogens with zero attached hydrogens (tertiary/aromatic N) is 1. The Morgan fingerprint density at radius 3 is 2.88 bits per heavy atom. The molecule has 0 saturated carbocycles. The highest BCUT2D eigenvalue weighted by Crippen LogP contribution is 2.14. The molecule has 0 saturated heterocycles. The fourth-order valence-electron chi connectivity index (χ4n) is 1.98. The molecule has 1 rings (SSSR count). The SMILES string of the molecule is CCC(CCN)CCCNCc1ncc(C)s1. The highest BCUT2D eigenvalue weighted by molar-refractivity contribution is 7.11. The van der Waals surface area contributed by atoms with Crippen molar-refractivity contribution < 1.29 is 0 Å². The lowest BCUT2D eigenvalue weighted by atomic mass is 9.97. The maximum Gasteiger partial charge on any atom is 0.107 e. The summed E-state index contributed by atoms with van der Waals surface area (Å²) < 4.78 is 0. The fourth-order valence-corrected chi connectivity index (χ4v) is 2.74. The van der Waals surface area contributed by atoms with Crippen molar-refractivity contribution in [1.82, 2.24) is 10.3 Å². The van der Waals surface area contributed by atoms with E-state index in [1.807, 2.05) is 6.20 Å². The minimum atomic E-state index is 0.809. The van der Waals surface area contributed by atoms with E-state index in [2.05, 4.69) is 24.1 Å². The van der Waals surface area contributed by atoms with E-state index in [-0.39, 0.29) is 0 Å². The number of nitrogens with two attached hydrogens (primary N) is 1. The summed E-state index contributed by atoms with van der Waals surface area (Å²) in [6, 6.07) is 0. The summed E-state index contributed by atoms with van der Waals surface area (Å²) in [7, 11) is 0. The van der Waals surface area contributed by atoms with Crippen molar-refractivity contribution in [3.05, 3.63) is 16.1 Å². The third-order valence-corrected chi connectivity index (χ3v) is 3.98. The third kappa shape index (κ3) is 6.15. The van der Waals surface area contributed by atoms with Gasteiger partial charge in [-0.3, -0.25) is 0 Å². The van der Waals surface area contributed by atoms with Gasteiger partial charge in [0.2, 0.25) is 0 Å². The van der Waals surface area contributed by atoms with Gasteiger partial charge in [0.25, 0.3) is 0 Å². The molecule has 0 radical (unpaired) electrons. The van der Waals surface area contributed by atoms with Gasteiger partial charge < -0.3 is 11.1 Å². The zero-order valence-corrected chi connectivity index (χ0v) is 11.9. The molecule has 0 bridgehead atoms. The Morgan fingerprint density at radius 1 is 1.47 bits per heavy atom. The molecule has 1 heterocycles. The first kappa shape index (κ1) is 14.6. The first-order chi connectivity index (χ1) is 8.26. The molecule has 0 spiro atoms. The van der Waals surface area contributed by atoms with Crippen molar-refractivity contribution in [2.24, 2.45) is 11.7 Å². The maximum atomic E-state index is 5.59. The van der Waals surface area contributed by atoms with Crippen molar-refractivity contribution in [3.63, 3.8) is 0 Å². The molecule has 0 aromatic carbocycles. The van der Waals surface area contributed by atoms with Crippen LogP contribution in [-0.2, 0) is 6.54 Å². The van der Waals surface area contributed by atoms with Crippen LogP contribution in [0.5, 0.6) is 0 Å². The van der Waals surface area contributed by atoms with Crippen molar-refractivity contribution >= 4 is 11.3 Å². The van der Waals surface area contributed by atoms with Crippen molar-refractivity contribution in [3.8, 4) is 0 Å². The smallest absolute Gasteiger partial charge is 0.107 e. The lowest BCUT2D eigenvalue weighted by Gasteiger charge is -2.13. The van der Waals surface area contributed by atoms with E-state index in [0.717, 1.165) is 25.6 Å². The summed E-state index contributed by atoms with van der Waals surface area (Å²) in [6.45, 7) is 7.17. The molecular formula is C13H25N3S. The normalized spacial score (nSPS) is 12.9. The second-order valence-electron chi connectivity index (χ2n) is 4.54. The molecule has 3 N–H and O–H groups in total. The standard InChI is InChI=1S/C13H25N3S/c1-3-12(6-7-14)5-4-8-15-10-13-16-9-11(2)17-13/h9,12,15H,3-8,10,14H2,1-2H3. The lowest BCUT2D eigenvalue weighted by molar-refractivity contribution is 0.422. The van der Waals surface area contributed by atoms with Crippen molar-refractivity contribution in [2.75, 3.05) is 13.1 Å². The van der Waals surface area contributed by atoms with Crippen LogP contribution < -0.4 is 11.1 Å². The van der Waals surface area contributed by atoms with Crippen LogP contribution in [-0.4, -0.2) is 18.1 Å². The Bertz CT molecular complexity index is 299. The Balaban J connectivity index is 2.04. The zero-order valence-electron chi connectivity index (χ0n) is 11.0. The molecule has 98 valence electrons. The molecule has 0 aliphatic heterocycles. The summed E-state index contributed by atoms with van der Waals surface area (Å²) >= 11 is 1.77. The largest absolute Gasteiger partial charge is 0.330 e. The molecule has 0 amide bonds. The lowest BCUT2D eigenvalue weighted by Crippen LogP contribution is -2.16. The topological polar surface area (TPSA) is 50.9 Å². The van der Waals surface area contributed by atoms with Crippen LogP contribution in [0.4, 0.5) is 0 Å². The fraction of sp³-hybridized carbons (Fsp3) is 0.769. The molecule has 4 heteroatoms. The molecule has 0 fully saturated rings. The summed E-state index contributed by atoms with van der Waals surface area (Å²) in [6.07, 6.45) is 6.89. The average molecular weight is 255 g/mol. The van der Waals surface area contributed by atoms with Gasteiger partial charge in [-0.05, 0) is 45.2 Å². The van der Waals surface area contributed by atoms with E-state index in [9.17, 15) is 0 Å². The van der Waals surface area contributed by atoms with E-state index >= 15 is 0 Å². The summed E-state index contributed by atoms with van der Waals surface area (Å²) in [5.74, 6) is 0.809. The summed E-state index contributed by atoms with van der Waals surface area (Å²) in [5, 5.41) is 4.64. The van der Waals surface area contributed by atoms with Crippen LogP contribution in [0, 0.1) is 12.8 Å². The highest BCUT2D eigenvalue weighted by atomic mass is 32.1. The minimum Gasteiger partial charge on any atom is -0.330 e. The second-order valence-corrected chi connectivity index (χ2v) is 5.85. The number of aromatic nitrogens is 1. The van der Waals surface area contributed by atoms with Gasteiger partial charge in [-0.2, -0.15) is 0 Å². The molecule has 17 heavy (non-hydrogen) atoms. The van der Waals surface area contributed by atoms with Gasteiger partial charge in [0, 0.05) is 17.6 Å². The van der Waals surface area contributed by atoms with Gasteiger partial charge >= 0.3 is 0 Å². The third-order valence-electron chi connectivity index (χ3n) is 3.06. The van der Waals surface area contributed by atoms with Crippen LogP contribution in [0.1, 0.15) is 42.5 Å². The summed E-state index contributed by atoms with van der Waals surface area (Å²) in [4.78, 5) is 5.62. The van der Waals surface area contributed by atoms with Crippen molar-refractivity contribution in [1.29, 1.82) is 0 Å². The number of rotatable bonds is 9. The first-order valence-electron chi connectivity index (χ1n) is 6.58. The molecule has 1 aromatic heterocycles. The van der Waals surface area contributed by atoms with Crippen LogP contribution in [0.3, 0.4) is 0 Å². The molecular weight excluding hydrogens is 230 g/mol. The van der Waals surface area contributed by atoms with Crippen LogP contribution in [0.25, 0.3) is 0 Å². The monoisotopic (exact) mass is 255 g/mol. The van der Waals surface area contributed by atoms with Gasteiger partial charge in [-0.1, -0.05) is 13.3 Å². The average Bonchev–Trinajstić information content (AvgIpc) is 2.73. The second kappa shape index (κ2) is 8.61. The number of aryl methyl sites for hydroxylation is 1. The van der Waals surface area contributed by atoms with Crippen molar-refractivity contribution in [2.45, 2.75) is 46.1 Å². The van der Waals surface area contributed by atoms with E-state index in [1.165, 1.54) is 35.6 Å². The molecule has 0 aliphatic carbocycles. The van der Waals surface area contributed by atoms with Gasteiger partial charge in [0.15, 0.2) is 0 Å². The van der Waals surface area contributed by atoms with E-state index in [1.54, 1.807) is 11.3 Å². The predicted octanol–water partition coefficient (Wildman–Crippen LogP) is 2.70. The minimum absolute atomic E-state index is 0.809. The number of hydrogen-bond acceptors (Lipinski definition) is 4. The quantitative estimate of drug-likeness (QED) is 0.667. The van der Waals surface area contributed by atoms with Crippen LogP contribution in [0.15, 0.2) is 6.20 Å². The maximum absolute atomic E-state index is 5.59. The molecule has 0 aliphatic rings. The van der Waals surface area contributed by atoms with E-state index in [4.69, 9.17) is 5.73 Å². The highest BCUT2D eigenvalue weighted by Gasteiger charge is 2.04. The Hall–Kier alpha value is -0.450. The zero-order chi connectivity index (χ0) is 12.5. The number of nitrogens with one attached hydrogen (secondary N) is 1. The Labute approximate surface area is 109 Å². The van der Waals surface area contributed by atoms with Gasteiger partial charge in [0.05, 0.1) is 0 Å². The van der Waals surface area contributed by atoms with Gasteiger partial charge in [-0.25, -0.2) is 4.98 Å². The number of thiazole rings is 1. The number of hydrogen-bond donors (Lipinski definition) is 2. The Kier molecular flexibility index (Phi) is 7.40. The summed E-state index contributed by atoms with van der Waals surface area (Å²) in [5.41, 5.74) is 5.59. The molecule has 1 unspecified atom stereocenters. The molecule has 1 atom stereocenters. The van der Waals surface area contributed by atoms with Crippen LogP contribution in [0.2, 0.25) is 0 Å². The first-order valence-corrected chi connectivity index (χ1v) is 7.40. The van der Waals surface area contributed by atoms with E-state index in [0.29, 0.717) is 0 Å². The van der Waals surface area contributed by atoms with Gasteiger partial charge in [-0.15, -0.1) is 11.3 Å². The Morgan fingerprint density at radius 2 is 2.29 bits per heavy atom. The molecule has 1 aromatic rings.